The molecule has 0 aromatic heterocycles. The van der Waals surface area contributed by atoms with Crippen LogP contribution < -0.4 is 0 Å². The molecule has 2 rings (SSSR count). The first kappa shape index (κ1) is 10.1. The van der Waals surface area contributed by atoms with Crippen LogP contribution in [0.25, 0.3) is 0 Å². The smallest absolute Gasteiger partial charge is 0.410 e. The molecule has 14 heavy (non-hydrogen) atoms. The molecule has 2 unspecified atom stereocenters. The molecule has 80 valence electrons. The van der Waals surface area contributed by atoms with E-state index >= 15 is 0 Å². The average molecular weight is 217 g/mol. The highest BCUT2D eigenvalue weighted by Crippen LogP contribution is 2.26. The maximum Gasteiger partial charge on any atom is 0.410 e. The first-order valence-corrected chi connectivity index (χ1v) is 6.08. The third-order valence-corrected chi connectivity index (χ3v) is 4.00. The summed E-state index contributed by atoms with van der Waals surface area (Å²) in [6, 6.07) is -0.118. The van der Waals surface area contributed by atoms with Crippen molar-refractivity contribution in [2.45, 2.75) is 12.5 Å². The van der Waals surface area contributed by atoms with Gasteiger partial charge in [0, 0.05) is 6.54 Å². The predicted octanol–water partition coefficient (Wildman–Crippen LogP) is 0.553. The van der Waals surface area contributed by atoms with E-state index in [-0.39, 0.29) is 18.7 Å². The van der Waals surface area contributed by atoms with Crippen molar-refractivity contribution < 1.29 is 14.6 Å². The van der Waals surface area contributed by atoms with Crippen LogP contribution in [-0.2, 0) is 4.74 Å². The van der Waals surface area contributed by atoms with Crippen molar-refractivity contribution in [2.24, 2.45) is 5.92 Å². The molecule has 0 spiro atoms. The summed E-state index contributed by atoms with van der Waals surface area (Å²) >= 11 is 1.93. The lowest BCUT2D eigenvalue weighted by atomic mass is 10.1. The van der Waals surface area contributed by atoms with Crippen LogP contribution >= 0.6 is 11.8 Å². The SMILES string of the molecule is O=C1OCC(CO)N1CC1CCSC1. The molecule has 1 N–H and O–H groups in total. The van der Waals surface area contributed by atoms with Gasteiger partial charge in [-0.15, -0.1) is 0 Å². The van der Waals surface area contributed by atoms with E-state index in [1.54, 1.807) is 4.90 Å². The van der Waals surface area contributed by atoms with Crippen LogP contribution in [0.5, 0.6) is 0 Å². The van der Waals surface area contributed by atoms with Crippen molar-refractivity contribution in [1.29, 1.82) is 0 Å². The molecule has 2 aliphatic rings. The molecule has 2 atom stereocenters. The fourth-order valence-electron chi connectivity index (χ4n) is 1.87. The van der Waals surface area contributed by atoms with Gasteiger partial charge in [-0.3, -0.25) is 4.90 Å². The van der Waals surface area contributed by atoms with Gasteiger partial charge in [0.15, 0.2) is 0 Å². The van der Waals surface area contributed by atoms with E-state index in [0.29, 0.717) is 12.5 Å². The molecule has 0 aromatic carbocycles. The molecule has 2 saturated heterocycles. The summed E-state index contributed by atoms with van der Waals surface area (Å²) in [7, 11) is 0. The maximum atomic E-state index is 11.3. The van der Waals surface area contributed by atoms with Crippen LogP contribution in [0.2, 0.25) is 0 Å². The van der Waals surface area contributed by atoms with Crippen LogP contribution in [0, 0.1) is 5.92 Å². The van der Waals surface area contributed by atoms with E-state index in [2.05, 4.69) is 0 Å². The zero-order chi connectivity index (χ0) is 9.97. The number of carbonyl (C=O) groups is 1. The summed E-state index contributed by atoms with van der Waals surface area (Å²) in [5, 5.41) is 9.05. The molecule has 2 fully saturated rings. The van der Waals surface area contributed by atoms with E-state index in [0.717, 1.165) is 12.3 Å². The van der Waals surface area contributed by atoms with Crippen molar-refractivity contribution in [2.75, 3.05) is 31.3 Å². The molecule has 0 radical (unpaired) electrons. The van der Waals surface area contributed by atoms with Crippen LogP contribution in [0.15, 0.2) is 0 Å². The molecule has 2 heterocycles. The van der Waals surface area contributed by atoms with Crippen LogP contribution in [-0.4, -0.2) is 53.4 Å². The monoisotopic (exact) mass is 217 g/mol. The molecule has 0 saturated carbocycles. The molecule has 4 nitrogen and oxygen atoms in total. The Morgan fingerprint density at radius 1 is 1.64 bits per heavy atom. The molecule has 2 aliphatic heterocycles. The van der Waals surface area contributed by atoms with E-state index in [4.69, 9.17) is 9.84 Å². The van der Waals surface area contributed by atoms with Crippen molar-refractivity contribution in [3.05, 3.63) is 0 Å². The summed E-state index contributed by atoms with van der Waals surface area (Å²) in [4.78, 5) is 13.0. The highest BCUT2D eigenvalue weighted by atomic mass is 32.2. The lowest BCUT2D eigenvalue weighted by Crippen LogP contribution is -2.39. The minimum Gasteiger partial charge on any atom is -0.447 e. The summed E-state index contributed by atoms with van der Waals surface area (Å²) < 4.78 is 4.90. The average Bonchev–Trinajstić information content (AvgIpc) is 2.79. The number of hydrogen-bond donors (Lipinski definition) is 1. The highest BCUT2D eigenvalue weighted by Gasteiger charge is 2.34. The number of ether oxygens (including phenoxy) is 1. The van der Waals surface area contributed by atoms with Gasteiger partial charge in [0.2, 0.25) is 0 Å². The van der Waals surface area contributed by atoms with Gasteiger partial charge in [-0.2, -0.15) is 11.8 Å². The Bertz CT molecular complexity index is 218. The lowest BCUT2D eigenvalue weighted by molar-refractivity contribution is 0.146. The Morgan fingerprint density at radius 2 is 2.50 bits per heavy atom. The van der Waals surface area contributed by atoms with E-state index in [1.807, 2.05) is 11.8 Å². The molecular formula is C9H15NO3S. The zero-order valence-electron chi connectivity index (χ0n) is 8.02. The highest BCUT2D eigenvalue weighted by molar-refractivity contribution is 7.99. The van der Waals surface area contributed by atoms with Crippen LogP contribution in [0.4, 0.5) is 4.79 Å². The number of carbonyl (C=O) groups excluding carboxylic acids is 1. The van der Waals surface area contributed by atoms with Crippen molar-refractivity contribution in [1.82, 2.24) is 4.90 Å². The lowest BCUT2D eigenvalue weighted by Gasteiger charge is -2.22. The second-order valence-electron chi connectivity index (χ2n) is 3.80. The molecule has 0 aliphatic carbocycles. The minimum absolute atomic E-state index is 0.00556. The van der Waals surface area contributed by atoms with E-state index < -0.39 is 0 Å². The molecule has 5 heteroatoms. The molecule has 0 bridgehead atoms. The predicted molar refractivity (Wildman–Crippen MR) is 54.4 cm³/mol. The third kappa shape index (κ3) is 1.98. The van der Waals surface area contributed by atoms with E-state index in [1.165, 1.54) is 12.2 Å². The van der Waals surface area contributed by atoms with Gasteiger partial charge in [-0.25, -0.2) is 4.79 Å². The number of nitrogens with zero attached hydrogens (tertiary/aromatic N) is 1. The zero-order valence-corrected chi connectivity index (χ0v) is 8.83. The second kappa shape index (κ2) is 4.40. The summed E-state index contributed by atoms with van der Waals surface area (Å²) in [6.07, 6.45) is 0.910. The fraction of sp³-hybridized carbons (Fsp3) is 0.889. The summed E-state index contributed by atoms with van der Waals surface area (Å²) in [5.41, 5.74) is 0. The normalized spacial score (nSPS) is 32.4. The Labute approximate surface area is 87.6 Å². The van der Waals surface area contributed by atoms with Gasteiger partial charge in [-0.05, 0) is 23.8 Å². The van der Waals surface area contributed by atoms with Gasteiger partial charge >= 0.3 is 6.09 Å². The summed E-state index contributed by atoms with van der Waals surface area (Å²) in [5.74, 6) is 2.90. The van der Waals surface area contributed by atoms with Gasteiger partial charge in [0.1, 0.15) is 6.61 Å². The quantitative estimate of drug-likeness (QED) is 0.750. The first-order valence-electron chi connectivity index (χ1n) is 4.93. The number of rotatable bonds is 3. The Kier molecular flexibility index (Phi) is 3.18. The molecular weight excluding hydrogens is 202 g/mol. The van der Waals surface area contributed by atoms with Gasteiger partial charge in [0.25, 0.3) is 0 Å². The number of hydrogen-bond acceptors (Lipinski definition) is 4. The van der Waals surface area contributed by atoms with Crippen LogP contribution in [0.1, 0.15) is 6.42 Å². The maximum absolute atomic E-state index is 11.3. The van der Waals surface area contributed by atoms with Gasteiger partial charge < -0.3 is 9.84 Å². The fourth-order valence-corrected chi connectivity index (χ4v) is 3.14. The standard InChI is InChI=1S/C9H15NO3S/c11-4-8-5-13-9(12)10(8)3-7-1-2-14-6-7/h7-8,11H,1-6H2. The van der Waals surface area contributed by atoms with E-state index in [9.17, 15) is 4.79 Å². The van der Waals surface area contributed by atoms with Gasteiger partial charge in [-0.1, -0.05) is 0 Å². The Morgan fingerprint density at radius 3 is 3.14 bits per heavy atom. The third-order valence-electron chi connectivity index (χ3n) is 2.76. The number of thioether (sulfide) groups is 1. The number of aliphatic hydroxyl groups is 1. The summed E-state index contributed by atoms with van der Waals surface area (Å²) in [6.45, 7) is 1.10. The van der Waals surface area contributed by atoms with Crippen LogP contribution in [0.3, 0.4) is 0 Å². The second-order valence-corrected chi connectivity index (χ2v) is 4.95. The number of aliphatic hydroxyl groups excluding tert-OH is 1. The molecule has 1 amide bonds. The number of cyclic esters (lactones) is 1. The van der Waals surface area contributed by atoms with Crippen molar-refractivity contribution in [3.63, 3.8) is 0 Å². The largest absolute Gasteiger partial charge is 0.447 e. The first-order chi connectivity index (χ1) is 6.81. The van der Waals surface area contributed by atoms with Crippen molar-refractivity contribution in [3.8, 4) is 0 Å². The Balaban J connectivity index is 1.90. The molecule has 0 aromatic rings. The van der Waals surface area contributed by atoms with Gasteiger partial charge in [0.05, 0.1) is 12.6 Å². The van der Waals surface area contributed by atoms with Crippen molar-refractivity contribution >= 4 is 17.9 Å². The minimum atomic E-state index is -0.263. The number of amides is 1. The topological polar surface area (TPSA) is 49.8 Å². The Hall–Kier alpha value is -0.420.